The minimum atomic E-state index is -4.39. The van der Waals surface area contributed by atoms with Crippen LogP contribution in [0.2, 0.25) is 0 Å². The van der Waals surface area contributed by atoms with Crippen LogP contribution in [0.1, 0.15) is 30.9 Å². The highest BCUT2D eigenvalue weighted by atomic mass is 19.4. The number of rotatable bonds is 3. The molecule has 0 aliphatic carbocycles. The van der Waals surface area contributed by atoms with Crippen LogP contribution in [-0.2, 0) is 15.7 Å². The van der Waals surface area contributed by atoms with Crippen LogP contribution in [0.3, 0.4) is 0 Å². The molecular weight excluding hydrogens is 307 g/mol. The molecule has 23 heavy (non-hydrogen) atoms. The highest BCUT2D eigenvalue weighted by Crippen LogP contribution is 2.31. The number of halogens is 3. The summed E-state index contributed by atoms with van der Waals surface area (Å²) in [5.74, 6) is -0.172. The molecule has 126 valence electrons. The Balaban J connectivity index is 2.09. The Labute approximate surface area is 133 Å². The largest absolute Gasteiger partial charge is 0.416 e. The molecule has 1 aliphatic heterocycles. The molecule has 0 unspecified atom stereocenters. The van der Waals surface area contributed by atoms with Crippen molar-refractivity contribution in [2.24, 2.45) is 0 Å². The third-order valence-electron chi connectivity index (χ3n) is 4.07. The minimum Gasteiger partial charge on any atom is -0.381 e. The summed E-state index contributed by atoms with van der Waals surface area (Å²) in [6.07, 6.45) is -1.25. The van der Waals surface area contributed by atoms with Gasteiger partial charge in [0.1, 0.15) is 0 Å². The lowest BCUT2D eigenvalue weighted by Gasteiger charge is -2.30. The van der Waals surface area contributed by atoms with E-state index in [0.717, 1.165) is 25.0 Å². The van der Waals surface area contributed by atoms with Crippen molar-refractivity contribution in [3.63, 3.8) is 0 Å². The number of piperidine rings is 1. The van der Waals surface area contributed by atoms with Crippen molar-refractivity contribution in [1.29, 1.82) is 0 Å². The van der Waals surface area contributed by atoms with Crippen molar-refractivity contribution in [3.05, 3.63) is 41.5 Å². The number of nitrogens with zero attached hydrogens (tertiary/aromatic N) is 1. The molecule has 0 spiro atoms. The number of methoxy groups -OCH3 is 1. The van der Waals surface area contributed by atoms with E-state index < -0.39 is 11.7 Å². The van der Waals surface area contributed by atoms with Gasteiger partial charge in [-0.25, -0.2) is 0 Å². The van der Waals surface area contributed by atoms with Crippen LogP contribution in [0.25, 0.3) is 5.57 Å². The number of hydrogen-bond donors (Lipinski definition) is 0. The molecule has 1 fully saturated rings. The van der Waals surface area contributed by atoms with Gasteiger partial charge in [-0.1, -0.05) is 12.1 Å². The Bertz CT molecular complexity index is 588. The van der Waals surface area contributed by atoms with E-state index in [1.165, 1.54) is 12.1 Å². The predicted molar refractivity (Wildman–Crippen MR) is 81.7 cm³/mol. The first kappa shape index (κ1) is 17.5. The zero-order chi connectivity index (χ0) is 17.0. The van der Waals surface area contributed by atoms with E-state index in [1.54, 1.807) is 25.0 Å². The van der Waals surface area contributed by atoms with Gasteiger partial charge in [-0.3, -0.25) is 4.79 Å². The molecule has 0 atom stereocenters. The lowest BCUT2D eigenvalue weighted by Crippen LogP contribution is -2.39. The maximum absolute atomic E-state index is 12.7. The monoisotopic (exact) mass is 327 g/mol. The molecule has 1 heterocycles. The molecule has 1 amide bonds. The third kappa shape index (κ3) is 4.58. The van der Waals surface area contributed by atoms with Gasteiger partial charge in [-0.05, 0) is 43.0 Å². The van der Waals surface area contributed by atoms with E-state index in [2.05, 4.69) is 0 Å². The summed E-state index contributed by atoms with van der Waals surface area (Å²) in [5, 5.41) is 0. The first-order valence-corrected chi connectivity index (χ1v) is 7.49. The van der Waals surface area contributed by atoms with Gasteiger partial charge in [0.2, 0.25) is 5.91 Å². The Hall–Kier alpha value is -1.82. The number of ether oxygens (including phenoxy) is 1. The van der Waals surface area contributed by atoms with Gasteiger partial charge in [0.15, 0.2) is 0 Å². The second-order valence-electron chi connectivity index (χ2n) is 5.67. The normalized spacial score (nSPS) is 17.4. The summed E-state index contributed by atoms with van der Waals surface area (Å²) in [6.45, 7) is 2.85. The molecule has 0 saturated carbocycles. The Morgan fingerprint density at radius 2 is 1.96 bits per heavy atom. The Kier molecular flexibility index (Phi) is 5.46. The number of carbonyl (C=O) groups is 1. The zero-order valence-corrected chi connectivity index (χ0v) is 13.2. The van der Waals surface area contributed by atoms with E-state index in [0.29, 0.717) is 24.2 Å². The van der Waals surface area contributed by atoms with Crippen LogP contribution < -0.4 is 0 Å². The van der Waals surface area contributed by atoms with Crippen LogP contribution in [0.5, 0.6) is 0 Å². The van der Waals surface area contributed by atoms with Gasteiger partial charge in [0.25, 0.3) is 0 Å². The van der Waals surface area contributed by atoms with Crippen molar-refractivity contribution < 1.29 is 22.7 Å². The predicted octanol–water partition coefficient (Wildman–Crippen LogP) is 3.75. The fraction of sp³-hybridized carbons (Fsp3) is 0.471. The summed E-state index contributed by atoms with van der Waals surface area (Å²) in [6, 6.07) is 5.01. The van der Waals surface area contributed by atoms with Crippen LogP contribution in [0, 0.1) is 0 Å². The molecule has 0 N–H and O–H groups in total. The van der Waals surface area contributed by atoms with Gasteiger partial charge in [0.05, 0.1) is 11.7 Å². The van der Waals surface area contributed by atoms with Crippen molar-refractivity contribution in [2.75, 3.05) is 20.2 Å². The maximum atomic E-state index is 12.7. The van der Waals surface area contributed by atoms with Gasteiger partial charge < -0.3 is 9.64 Å². The highest BCUT2D eigenvalue weighted by Gasteiger charge is 2.30. The van der Waals surface area contributed by atoms with Gasteiger partial charge in [-0.2, -0.15) is 13.2 Å². The fourth-order valence-corrected chi connectivity index (χ4v) is 2.61. The summed E-state index contributed by atoms with van der Waals surface area (Å²) in [4.78, 5) is 13.9. The second kappa shape index (κ2) is 7.17. The molecule has 2 rings (SSSR count). The molecule has 6 heteroatoms. The second-order valence-corrected chi connectivity index (χ2v) is 5.67. The van der Waals surface area contributed by atoms with Crippen molar-refractivity contribution >= 4 is 11.5 Å². The summed E-state index contributed by atoms with van der Waals surface area (Å²) < 4.78 is 43.5. The molecule has 1 saturated heterocycles. The summed E-state index contributed by atoms with van der Waals surface area (Å²) >= 11 is 0. The van der Waals surface area contributed by atoms with E-state index >= 15 is 0 Å². The lowest BCUT2D eigenvalue weighted by atomic mass is 10.0. The number of benzene rings is 1. The van der Waals surface area contributed by atoms with Crippen molar-refractivity contribution in [1.82, 2.24) is 4.90 Å². The molecule has 0 radical (unpaired) electrons. The standard InChI is InChI=1S/C17H20F3NO2/c1-12(13-4-3-5-14(11-13)17(18,19)20)10-16(22)21-8-6-15(23-2)7-9-21/h3-5,10-11,15H,6-9H2,1-2H3. The molecule has 3 nitrogen and oxygen atoms in total. The van der Waals surface area contributed by atoms with Crippen LogP contribution in [-0.4, -0.2) is 37.1 Å². The van der Waals surface area contributed by atoms with E-state index in [9.17, 15) is 18.0 Å². The smallest absolute Gasteiger partial charge is 0.381 e. The molecule has 1 aromatic carbocycles. The molecule has 0 aromatic heterocycles. The first-order valence-electron chi connectivity index (χ1n) is 7.49. The average Bonchev–Trinajstić information content (AvgIpc) is 2.54. The van der Waals surface area contributed by atoms with Crippen molar-refractivity contribution in [3.8, 4) is 0 Å². The quantitative estimate of drug-likeness (QED) is 0.792. The Morgan fingerprint density at radius 3 is 2.52 bits per heavy atom. The zero-order valence-electron chi connectivity index (χ0n) is 13.2. The van der Waals surface area contributed by atoms with Gasteiger partial charge in [0, 0.05) is 26.3 Å². The van der Waals surface area contributed by atoms with Crippen LogP contribution >= 0.6 is 0 Å². The first-order chi connectivity index (χ1) is 10.8. The number of allylic oxidation sites excluding steroid dienone is 1. The molecular formula is C17H20F3NO2. The Morgan fingerprint density at radius 1 is 1.30 bits per heavy atom. The van der Waals surface area contributed by atoms with Crippen LogP contribution in [0.4, 0.5) is 13.2 Å². The summed E-state index contributed by atoms with van der Waals surface area (Å²) in [5.41, 5.74) is 0.214. The van der Waals surface area contributed by atoms with Gasteiger partial charge in [-0.15, -0.1) is 0 Å². The topological polar surface area (TPSA) is 29.5 Å². The number of amides is 1. The lowest BCUT2D eigenvalue weighted by molar-refractivity contribution is -0.137. The van der Waals surface area contributed by atoms with Crippen molar-refractivity contribution in [2.45, 2.75) is 32.0 Å². The van der Waals surface area contributed by atoms with E-state index in [4.69, 9.17) is 4.74 Å². The van der Waals surface area contributed by atoms with Crippen LogP contribution in [0.15, 0.2) is 30.3 Å². The van der Waals surface area contributed by atoms with E-state index in [-0.39, 0.29) is 12.0 Å². The van der Waals surface area contributed by atoms with E-state index in [1.807, 2.05) is 0 Å². The SMILES string of the molecule is COC1CCN(C(=O)C=C(C)c2cccc(C(F)(F)F)c2)CC1. The molecule has 1 aliphatic rings. The summed E-state index contributed by atoms with van der Waals surface area (Å²) in [7, 11) is 1.65. The average molecular weight is 327 g/mol. The number of alkyl halides is 3. The molecule has 0 bridgehead atoms. The number of likely N-dealkylation sites (tertiary alicyclic amines) is 1. The maximum Gasteiger partial charge on any atom is 0.416 e. The highest BCUT2D eigenvalue weighted by molar-refractivity contribution is 5.95. The number of carbonyl (C=O) groups excluding carboxylic acids is 1. The minimum absolute atomic E-state index is 0.172. The number of hydrogen-bond acceptors (Lipinski definition) is 2. The third-order valence-corrected chi connectivity index (χ3v) is 4.07. The fourth-order valence-electron chi connectivity index (χ4n) is 2.61. The van der Waals surface area contributed by atoms with Gasteiger partial charge >= 0.3 is 6.18 Å². The molecule has 1 aromatic rings.